The Morgan fingerprint density at radius 2 is 1.00 bits per heavy atom. The first kappa shape index (κ1) is 24.9. The minimum atomic E-state index is 0.712. The average Bonchev–Trinajstić information content (AvgIpc) is 2.60. The third kappa shape index (κ3) is 20.1. The summed E-state index contributed by atoms with van der Waals surface area (Å²) < 4.78 is 0. The lowest BCUT2D eigenvalue weighted by atomic mass is 10.0. The van der Waals surface area contributed by atoms with Crippen molar-refractivity contribution < 1.29 is 0 Å². The van der Waals surface area contributed by atoms with E-state index in [0.29, 0.717) is 6.04 Å². The van der Waals surface area contributed by atoms with Crippen molar-refractivity contribution in [3.63, 3.8) is 0 Å². The van der Waals surface area contributed by atoms with Gasteiger partial charge in [-0.05, 0) is 40.5 Å². The van der Waals surface area contributed by atoms with Crippen LogP contribution in [0.3, 0.4) is 0 Å². The van der Waals surface area contributed by atoms with Gasteiger partial charge in [0.15, 0.2) is 0 Å². The van der Waals surface area contributed by atoms with Crippen molar-refractivity contribution in [3.8, 4) is 0 Å². The maximum absolute atomic E-state index is 3.48. The molecule has 0 saturated carbocycles. The fourth-order valence-electron chi connectivity index (χ4n) is 3.61. The van der Waals surface area contributed by atoms with Gasteiger partial charge in [0.25, 0.3) is 0 Å². The highest BCUT2D eigenvalue weighted by molar-refractivity contribution is 4.66. The molecule has 0 rings (SSSR count). The van der Waals surface area contributed by atoms with E-state index in [9.17, 15) is 0 Å². The molecule has 0 aliphatic rings. The van der Waals surface area contributed by atoms with Gasteiger partial charge >= 0.3 is 0 Å². The number of hydrogen-bond acceptors (Lipinski definition) is 2. The minimum absolute atomic E-state index is 0.712. The zero-order chi connectivity index (χ0) is 18.6. The molecular formula is C23H50N2. The summed E-state index contributed by atoms with van der Waals surface area (Å²) in [6.45, 7) is 3.50. The first-order valence-corrected chi connectivity index (χ1v) is 11.5. The summed E-state index contributed by atoms with van der Waals surface area (Å²) in [6.07, 6.45) is 24.4. The molecule has 0 saturated heterocycles. The van der Waals surface area contributed by atoms with Crippen LogP contribution in [0.1, 0.15) is 116 Å². The van der Waals surface area contributed by atoms with Gasteiger partial charge < -0.3 is 10.2 Å². The monoisotopic (exact) mass is 354 g/mol. The van der Waals surface area contributed by atoms with E-state index < -0.39 is 0 Å². The highest BCUT2D eigenvalue weighted by Crippen LogP contribution is 2.14. The van der Waals surface area contributed by atoms with Crippen LogP contribution in [-0.4, -0.2) is 38.6 Å². The van der Waals surface area contributed by atoms with Gasteiger partial charge in [0.1, 0.15) is 0 Å². The quantitative estimate of drug-likeness (QED) is 0.242. The standard InChI is InChI=1S/C23H50N2/c1-5-6-7-8-9-10-11-12-13-14-15-16-17-18-19-20-23(24-2)21-22-25(3)4/h23-24H,5-22H2,1-4H3. The van der Waals surface area contributed by atoms with E-state index in [4.69, 9.17) is 0 Å². The summed E-state index contributed by atoms with van der Waals surface area (Å²) in [7, 11) is 6.45. The lowest BCUT2D eigenvalue weighted by Crippen LogP contribution is -2.29. The Morgan fingerprint density at radius 1 is 0.600 bits per heavy atom. The van der Waals surface area contributed by atoms with Crippen LogP contribution in [0.15, 0.2) is 0 Å². The van der Waals surface area contributed by atoms with Crippen LogP contribution in [-0.2, 0) is 0 Å². The Kier molecular flexibility index (Phi) is 20.2. The second kappa shape index (κ2) is 20.2. The molecule has 0 aromatic rings. The van der Waals surface area contributed by atoms with Gasteiger partial charge in [0, 0.05) is 6.04 Å². The Labute approximate surface area is 160 Å². The largest absolute Gasteiger partial charge is 0.317 e. The van der Waals surface area contributed by atoms with Crippen LogP contribution < -0.4 is 5.32 Å². The first-order valence-electron chi connectivity index (χ1n) is 11.5. The molecule has 0 fully saturated rings. The van der Waals surface area contributed by atoms with Gasteiger partial charge in [-0.1, -0.05) is 103 Å². The normalized spacial score (nSPS) is 12.8. The zero-order valence-corrected chi connectivity index (χ0v) is 18.3. The number of rotatable bonds is 20. The second-order valence-electron chi connectivity index (χ2n) is 8.32. The summed E-state index contributed by atoms with van der Waals surface area (Å²) in [6, 6.07) is 0.712. The number of nitrogens with one attached hydrogen (secondary N) is 1. The van der Waals surface area contributed by atoms with Crippen LogP contribution in [0.4, 0.5) is 0 Å². The molecule has 0 heterocycles. The zero-order valence-electron chi connectivity index (χ0n) is 18.3. The van der Waals surface area contributed by atoms with Crippen LogP contribution in [0, 0.1) is 0 Å². The lowest BCUT2D eigenvalue weighted by molar-refractivity contribution is 0.352. The molecule has 0 aromatic heterocycles. The van der Waals surface area contributed by atoms with E-state index in [1.165, 1.54) is 116 Å². The third-order valence-corrected chi connectivity index (χ3v) is 5.49. The SMILES string of the molecule is CCCCCCCCCCCCCCCCCC(CCN(C)C)NC. The van der Waals surface area contributed by atoms with Crippen molar-refractivity contribution in [1.82, 2.24) is 10.2 Å². The van der Waals surface area contributed by atoms with Gasteiger partial charge in [-0.15, -0.1) is 0 Å². The minimum Gasteiger partial charge on any atom is -0.317 e. The van der Waals surface area contributed by atoms with Gasteiger partial charge in [-0.25, -0.2) is 0 Å². The maximum atomic E-state index is 3.48. The molecule has 0 aliphatic heterocycles. The number of hydrogen-bond donors (Lipinski definition) is 1. The van der Waals surface area contributed by atoms with Crippen molar-refractivity contribution in [2.75, 3.05) is 27.7 Å². The van der Waals surface area contributed by atoms with E-state index in [2.05, 4.69) is 38.3 Å². The average molecular weight is 355 g/mol. The van der Waals surface area contributed by atoms with Crippen LogP contribution in [0.5, 0.6) is 0 Å². The molecule has 0 aromatic carbocycles. The fourth-order valence-corrected chi connectivity index (χ4v) is 3.61. The van der Waals surface area contributed by atoms with Gasteiger partial charge in [-0.2, -0.15) is 0 Å². The van der Waals surface area contributed by atoms with E-state index in [1.807, 2.05) is 0 Å². The topological polar surface area (TPSA) is 15.3 Å². The third-order valence-electron chi connectivity index (χ3n) is 5.49. The van der Waals surface area contributed by atoms with Crippen molar-refractivity contribution in [1.29, 1.82) is 0 Å². The molecule has 0 spiro atoms. The first-order chi connectivity index (χ1) is 12.2. The molecule has 2 nitrogen and oxygen atoms in total. The van der Waals surface area contributed by atoms with E-state index in [-0.39, 0.29) is 0 Å². The summed E-state index contributed by atoms with van der Waals surface area (Å²) in [5.41, 5.74) is 0. The summed E-state index contributed by atoms with van der Waals surface area (Å²) in [5.74, 6) is 0. The summed E-state index contributed by atoms with van der Waals surface area (Å²) in [5, 5.41) is 3.48. The molecule has 0 radical (unpaired) electrons. The summed E-state index contributed by atoms with van der Waals surface area (Å²) in [4.78, 5) is 2.29. The van der Waals surface area contributed by atoms with Crippen molar-refractivity contribution in [3.05, 3.63) is 0 Å². The number of nitrogens with zero attached hydrogens (tertiary/aromatic N) is 1. The lowest BCUT2D eigenvalue weighted by Gasteiger charge is -2.18. The summed E-state index contributed by atoms with van der Waals surface area (Å²) >= 11 is 0. The number of unbranched alkanes of at least 4 members (excludes halogenated alkanes) is 14. The van der Waals surface area contributed by atoms with Gasteiger partial charge in [-0.3, -0.25) is 0 Å². The highest BCUT2D eigenvalue weighted by Gasteiger charge is 2.05. The molecular weight excluding hydrogens is 304 g/mol. The van der Waals surface area contributed by atoms with Crippen molar-refractivity contribution >= 4 is 0 Å². The Bertz CT molecular complexity index is 240. The highest BCUT2D eigenvalue weighted by atomic mass is 15.1. The second-order valence-corrected chi connectivity index (χ2v) is 8.32. The Morgan fingerprint density at radius 3 is 1.36 bits per heavy atom. The smallest absolute Gasteiger partial charge is 0.00762 e. The fraction of sp³-hybridized carbons (Fsp3) is 1.00. The van der Waals surface area contributed by atoms with Crippen LogP contribution in [0.2, 0.25) is 0 Å². The molecule has 1 unspecified atom stereocenters. The molecule has 0 amide bonds. The molecule has 0 bridgehead atoms. The Hall–Kier alpha value is -0.0800. The molecule has 1 atom stereocenters. The molecule has 2 heteroatoms. The van der Waals surface area contributed by atoms with Gasteiger partial charge in [0.2, 0.25) is 0 Å². The van der Waals surface area contributed by atoms with E-state index >= 15 is 0 Å². The van der Waals surface area contributed by atoms with Crippen LogP contribution in [0.25, 0.3) is 0 Å². The maximum Gasteiger partial charge on any atom is 0.00762 e. The Balaban J connectivity index is 3.18. The molecule has 1 N–H and O–H groups in total. The predicted molar refractivity (Wildman–Crippen MR) is 116 cm³/mol. The van der Waals surface area contributed by atoms with Gasteiger partial charge in [0.05, 0.1) is 0 Å². The van der Waals surface area contributed by atoms with E-state index in [1.54, 1.807) is 0 Å². The molecule has 25 heavy (non-hydrogen) atoms. The predicted octanol–water partition coefficient (Wildman–Crippen LogP) is 6.79. The van der Waals surface area contributed by atoms with Crippen molar-refractivity contribution in [2.24, 2.45) is 0 Å². The molecule has 152 valence electrons. The van der Waals surface area contributed by atoms with E-state index in [0.717, 1.165) is 0 Å². The van der Waals surface area contributed by atoms with Crippen molar-refractivity contribution in [2.45, 2.75) is 122 Å². The molecule has 0 aliphatic carbocycles. The van der Waals surface area contributed by atoms with Crippen LogP contribution >= 0.6 is 0 Å².